The second kappa shape index (κ2) is 7.48. The van der Waals surface area contributed by atoms with Gasteiger partial charge in [-0.3, -0.25) is 9.59 Å². The molecule has 4 nitrogen and oxygen atoms in total. The highest BCUT2D eigenvalue weighted by Gasteiger charge is 2.05. The predicted molar refractivity (Wildman–Crippen MR) is 69.4 cm³/mol. The van der Waals surface area contributed by atoms with Gasteiger partial charge in [-0.15, -0.1) is 0 Å². The van der Waals surface area contributed by atoms with Crippen molar-refractivity contribution < 1.29 is 14.3 Å². The fourth-order valence-electron chi connectivity index (χ4n) is 1.47. The Hall–Kier alpha value is -1.84. The standard InChI is InChI=1S/C14H19NO3/c1-3-18-13(16)5-4-10-15-14(17)12-8-6-11(2)7-9-12/h6-9H,3-5,10H2,1-2H3,(H,15,17). The lowest BCUT2D eigenvalue weighted by Gasteiger charge is -2.05. The Bertz CT molecular complexity index is 398. The maximum atomic E-state index is 11.7. The summed E-state index contributed by atoms with van der Waals surface area (Å²) in [6, 6.07) is 7.37. The van der Waals surface area contributed by atoms with Gasteiger partial charge in [-0.25, -0.2) is 0 Å². The number of aryl methyl sites for hydroxylation is 1. The van der Waals surface area contributed by atoms with Crippen molar-refractivity contribution in [2.24, 2.45) is 0 Å². The number of rotatable bonds is 6. The Morgan fingerprint density at radius 2 is 1.89 bits per heavy atom. The van der Waals surface area contributed by atoms with Crippen LogP contribution in [0, 0.1) is 6.92 Å². The first-order valence-corrected chi connectivity index (χ1v) is 6.14. The van der Waals surface area contributed by atoms with Crippen LogP contribution < -0.4 is 5.32 Å². The minimum atomic E-state index is -0.220. The summed E-state index contributed by atoms with van der Waals surface area (Å²) in [5.41, 5.74) is 1.76. The number of carbonyl (C=O) groups excluding carboxylic acids is 2. The molecular weight excluding hydrogens is 230 g/mol. The zero-order chi connectivity index (χ0) is 13.4. The van der Waals surface area contributed by atoms with Gasteiger partial charge in [0.15, 0.2) is 0 Å². The van der Waals surface area contributed by atoms with E-state index in [2.05, 4.69) is 5.32 Å². The van der Waals surface area contributed by atoms with Gasteiger partial charge < -0.3 is 10.1 Å². The molecule has 0 saturated carbocycles. The number of benzene rings is 1. The Morgan fingerprint density at radius 1 is 1.22 bits per heavy atom. The highest BCUT2D eigenvalue weighted by atomic mass is 16.5. The van der Waals surface area contributed by atoms with E-state index in [9.17, 15) is 9.59 Å². The molecule has 0 atom stereocenters. The maximum absolute atomic E-state index is 11.7. The van der Waals surface area contributed by atoms with Crippen LogP contribution in [0.5, 0.6) is 0 Å². The molecule has 98 valence electrons. The van der Waals surface area contributed by atoms with E-state index >= 15 is 0 Å². The Kier molecular flexibility index (Phi) is 5.91. The Morgan fingerprint density at radius 3 is 2.50 bits per heavy atom. The second-order valence-electron chi connectivity index (χ2n) is 4.03. The van der Waals surface area contributed by atoms with Crippen LogP contribution in [0.2, 0.25) is 0 Å². The van der Waals surface area contributed by atoms with Crippen molar-refractivity contribution in [3.63, 3.8) is 0 Å². The summed E-state index contributed by atoms with van der Waals surface area (Å²) in [5.74, 6) is -0.332. The van der Waals surface area contributed by atoms with Crippen LogP contribution in [0.3, 0.4) is 0 Å². The zero-order valence-electron chi connectivity index (χ0n) is 10.9. The molecule has 1 aromatic rings. The molecule has 0 heterocycles. The van der Waals surface area contributed by atoms with Gasteiger partial charge in [0, 0.05) is 18.5 Å². The number of carbonyl (C=O) groups is 2. The molecular formula is C14H19NO3. The van der Waals surface area contributed by atoms with Crippen molar-refractivity contribution in [1.82, 2.24) is 5.32 Å². The first kappa shape index (κ1) is 14.2. The SMILES string of the molecule is CCOC(=O)CCCNC(=O)c1ccc(C)cc1. The first-order valence-electron chi connectivity index (χ1n) is 6.14. The number of nitrogens with one attached hydrogen (secondary N) is 1. The molecule has 1 rings (SSSR count). The summed E-state index contributed by atoms with van der Waals surface area (Å²) in [7, 11) is 0. The molecule has 4 heteroatoms. The molecule has 18 heavy (non-hydrogen) atoms. The number of hydrogen-bond donors (Lipinski definition) is 1. The van der Waals surface area contributed by atoms with E-state index in [1.54, 1.807) is 19.1 Å². The molecule has 0 saturated heterocycles. The van der Waals surface area contributed by atoms with E-state index in [4.69, 9.17) is 4.74 Å². The topological polar surface area (TPSA) is 55.4 Å². The van der Waals surface area contributed by atoms with Gasteiger partial charge >= 0.3 is 5.97 Å². The van der Waals surface area contributed by atoms with E-state index < -0.39 is 0 Å². The molecule has 0 fully saturated rings. The van der Waals surface area contributed by atoms with Crippen LogP contribution in [-0.4, -0.2) is 25.0 Å². The quantitative estimate of drug-likeness (QED) is 0.620. The van der Waals surface area contributed by atoms with Crippen molar-refractivity contribution in [1.29, 1.82) is 0 Å². The minimum Gasteiger partial charge on any atom is -0.466 e. The third-order valence-electron chi connectivity index (χ3n) is 2.46. The number of ether oxygens (including phenoxy) is 1. The lowest BCUT2D eigenvalue weighted by atomic mass is 10.1. The molecule has 0 aliphatic rings. The summed E-state index contributed by atoms with van der Waals surface area (Å²) in [4.78, 5) is 22.8. The van der Waals surface area contributed by atoms with Gasteiger partial charge in [0.2, 0.25) is 0 Å². The average molecular weight is 249 g/mol. The van der Waals surface area contributed by atoms with Gasteiger partial charge in [-0.1, -0.05) is 17.7 Å². The van der Waals surface area contributed by atoms with Crippen LogP contribution in [0.4, 0.5) is 0 Å². The molecule has 0 aliphatic carbocycles. The van der Waals surface area contributed by atoms with Crippen LogP contribution >= 0.6 is 0 Å². The number of esters is 1. The summed E-state index contributed by atoms with van der Waals surface area (Å²) >= 11 is 0. The molecule has 0 bridgehead atoms. The maximum Gasteiger partial charge on any atom is 0.305 e. The monoisotopic (exact) mass is 249 g/mol. The fourth-order valence-corrected chi connectivity index (χ4v) is 1.47. The predicted octanol–water partition coefficient (Wildman–Crippen LogP) is 2.07. The van der Waals surface area contributed by atoms with Gasteiger partial charge in [0.25, 0.3) is 5.91 Å². The third-order valence-corrected chi connectivity index (χ3v) is 2.46. The summed E-state index contributed by atoms with van der Waals surface area (Å²) in [6.07, 6.45) is 0.929. The van der Waals surface area contributed by atoms with E-state index in [-0.39, 0.29) is 11.9 Å². The highest BCUT2D eigenvalue weighted by molar-refractivity contribution is 5.94. The zero-order valence-corrected chi connectivity index (χ0v) is 10.9. The lowest BCUT2D eigenvalue weighted by Crippen LogP contribution is -2.25. The molecule has 1 N–H and O–H groups in total. The summed E-state index contributed by atoms with van der Waals surface area (Å²) in [5, 5.41) is 2.77. The Balaban J connectivity index is 2.25. The van der Waals surface area contributed by atoms with Crippen molar-refractivity contribution >= 4 is 11.9 Å². The largest absolute Gasteiger partial charge is 0.466 e. The average Bonchev–Trinajstić information content (AvgIpc) is 2.35. The molecule has 0 unspecified atom stereocenters. The molecule has 0 aliphatic heterocycles. The van der Waals surface area contributed by atoms with Crippen LogP contribution in [-0.2, 0) is 9.53 Å². The molecule has 1 amide bonds. The highest BCUT2D eigenvalue weighted by Crippen LogP contribution is 2.02. The summed E-state index contributed by atoms with van der Waals surface area (Å²) < 4.78 is 4.80. The normalized spacial score (nSPS) is 9.89. The fraction of sp³-hybridized carbons (Fsp3) is 0.429. The van der Waals surface area contributed by atoms with Gasteiger partial charge in [-0.05, 0) is 32.4 Å². The summed E-state index contributed by atoms with van der Waals surface area (Å²) in [6.45, 7) is 4.62. The van der Waals surface area contributed by atoms with E-state index in [0.717, 1.165) is 5.56 Å². The van der Waals surface area contributed by atoms with Gasteiger partial charge in [0.1, 0.15) is 0 Å². The van der Waals surface area contributed by atoms with Crippen LogP contribution in [0.1, 0.15) is 35.7 Å². The molecule has 0 spiro atoms. The van der Waals surface area contributed by atoms with Crippen molar-refractivity contribution in [2.45, 2.75) is 26.7 Å². The number of amides is 1. The Labute approximate surface area is 107 Å². The van der Waals surface area contributed by atoms with Crippen LogP contribution in [0.25, 0.3) is 0 Å². The first-order chi connectivity index (χ1) is 8.63. The molecule has 1 aromatic carbocycles. The van der Waals surface area contributed by atoms with Gasteiger partial charge in [-0.2, -0.15) is 0 Å². The molecule has 0 aromatic heterocycles. The van der Waals surface area contributed by atoms with Crippen molar-refractivity contribution in [3.05, 3.63) is 35.4 Å². The van der Waals surface area contributed by atoms with Crippen molar-refractivity contribution in [3.8, 4) is 0 Å². The van der Waals surface area contributed by atoms with Gasteiger partial charge in [0.05, 0.1) is 6.61 Å². The van der Waals surface area contributed by atoms with E-state index in [1.165, 1.54) is 0 Å². The van der Waals surface area contributed by atoms with Crippen molar-refractivity contribution in [2.75, 3.05) is 13.2 Å². The lowest BCUT2D eigenvalue weighted by molar-refractivity contribution is -0.143. The second-order valence-corrected chi connectivity index (χ2v) is 4.03. The number of hydrogen-bond acceptors (Lipinski definition) is 3. The van der Waals surface area contributed by atoms with Crippen LogP contribution in [0.15, 0.2) is 24.3 Å². The van der Waals surface area contributed by atoms with E-state index in [1.807, 2.05) is 19.1 Å². The smallest absolute Gasteiger partial charge is 0.305 e. The third kappa shape index (κ3) is 4.99. The minimum absolute atomic E-state index is 0.112. The molecule has 0 radical (unpaired) electrons. The van der Waals surface area contributed by atoms with E-state index in [0.29, 0.717) is 31.6 Å².